The number of benzene rings is 7. The van der Waals surface area contributed by atoms with Gasteiger partial charge in [-0.05, 0) is 111 Å². The van der Waals surface area contributed by atoms with Crippen LogP contribution in [0.2, 0.25) is 0 Å². The zero-order chi connectivity index (χ0) is 37.7. The second-order valence-corrected chi connectivity index (χ2v) is 17.7. The van der Waals surface area contributed by atoms with Crippen LogP contribution in [0.15, 0.2) is 158 Å². The van der Waals surface area contributed by atoms with Crippen LogP contribution in [-0.4, -0.2) is 4.57 Å². The first-order chi connectivity index (χ1) is 26.5. The quantitative estimate of drug-likeness (QED) is 0.172. The van der Waals surface area contributed by atoms with Crippen LogP contribution in [0.1, 0.15) is 76.6 Å². The normalized spacial score (nSPS) is 16.1. The van der Waals surface area contributed by atoms with Crippen molar-refractivity contribution in [2.24, 2.45) is 0 Å². The van der Waals surface area contributed by atoms with Crippen LogP contribution in [0, 0.1) is 0 Å². The van der Waals surface area contributed by atoms with Crippen LogP contribution in [0.5, 0.6) is 0 Å². The molecule has 0 amide bonds. The second kappa shape index (κ2) is 12.1. The van der Waals surface area contributed by atoms with Gasteiger partial charge in [0.1, 0.15) is 0 Å². The SMILES string of the molecule is CC1(C)CCC(C)(C)c2cc(-n3c4ccccc4c4ccc(N(c5ccc6c(c5)-c5ccccc5C6(C)C)c5ccccc5-c5ccccc5)cc43)ccc21. The van der Waals surface area contributed by atoms with Gasteiger partial charge in [-0.3, -0.25) is 0 Å². The van der Waals surface area contributed by atoms with E-state index < -0.39 is 0 Å². The Kier molecular flexibility index (Phi) is 7.39. The van der Waals surface area contributed by atoms with Gasteiger partial charge in [0.2, 0.25) is 0 Å². The van der Waals surface area contributed by atoms with Crippen LogP contribution in [-0.2, 0) is 16.2 Å². The molecular formula is C53H48N2. The van der Waals surface area contributed by atoms with Crippen LogP contribution in [0.3, 0.4) is 0 Å². The molecule has 1 aromatic heterocycles. The van der Waals surface area contributed by atoms with Gasteiger partial charge in [0.15, 0.2) is 0 Å². The molecule has 270 valence electrons. The molecule has 0 atom stereocenters. The minimum absolute atomic E-state index is 0.0598. The molecule has 0 saturated heterocycles. The van der Waals surface area contributed by atoms with Gasteiger partial charge in [0, 0.05) is 38.8 Å². The Labute approximate surface area is 325 Å². The van der Waals surface area contributed by atoms with E-state index in [0.29, 0.717) is 0 Å². The van der Waals surface area contributed by atoms with Gasteiger partial charge < -0.3 is 9.47 Å². The molecule has 0 saturated carbocycles. The number of hydrogen-bond donors (Lipinski definition) is 0. The third kappa shape index (κ3) is 5.14. The van der Waals surface area contributed by atoms with Crippen molar-refractivity contribution in [3.05, 3.63) is 180 Å². The molecule has 0 aliphatic heterocycles. The van der Waals surface area contributed by atoms with Crippen molar-refractivity contribution in [1.82, 2.24) is 4.57 Å². The van der Waals surface area contributed by atoms with Crippen molar-refractivity contribution in [3.8, 4) is 27.9 Å². The summed E-state index contributed by atoms with van der Waals surface area (Å²) < 4.78 is 2.51. The Morgan fingerprint density at radius 1 is 0.436 bits per heavy atom. The van der Waals surface area contributed by atoms with E-state index in [0.717, 1.165) is 17.1 Å². The lowest BCUT2D eigenvalue weighted by Crippen LogP contribution is -2.33. The number of anilines is 3. The first-order valence-electron chi connectivity index (χ1n) is 19.9. The lowest BCUT2D eigenvalue weighted by Gasteiger charge is -2.42. The van der Waals surface area contributed by atoms with Gasteiger partial charge in [-0.15, -0.1) is 0 Å². The number of fused-ring (bicyclic) bond motifs is 7. The molecule has 55 heavy (non-hydrogen) atoms. The molecule has 0 bridgehead atoms. The van der Waals surface area contributed by atoms with Crippen LogP contribution < -0.4 is 4.90 Å². The molecule has 2 heteroatoms. The summed E-state index contributed by atoms with van der Waals surface area (Å²) in [6, 6.07) is 59.0. The molecule has 2 aliphatic carbocycles. The minimum atomic E-state index is -0.0598. The topological polar surface area (TPSA) is 8.17 Å². The van der Waals surface area contributed by atoms with Crippen molar-refractivity contribution < 1.29 is 0 Å². The average molecular weight is 713 g/mol. The zero-order valence-electron chi connectivity index (χ0n) is 32.8. The van der Waals surface area contributed by atoms with Crippen molar-refractivity contribution in [1.29, 1.82) is 0 Å². The Hall–Kier alpha value is -5.86. The summed E-state index contributed by atoms with van der Waals surface area (Å²) in [5.74, 6) is 0. The third-order valence-electron chi connectivity index (χ3n) is 13.1. The van der Waals surface area contributed by atoms with Gasteiger partial charge in [0.05, 0.1) is 16.7 Å². The summed E-state index contributed by atoms with van der Waals surface area (Å²) in [4.78, 5) is 2.48. The third-order valence-corrected chi connectivity index (χ3v) is 13.1. The van der Waals surface area contributed by atoms with E-state index in [9.17, 15) is 0 Å². The molecule has 1 heterocycles. The number of para-hydroxylation sites is 2. The van der Waals surface area contributed by atoms with Gasteiger partial charge in [0.25, 0.3) is 0 Å². The fraction of sp³-hybridized carbons (Fsp3) is 0.208. The largest absolute Gasteiger partial charge is 0.310 e. The fourth-order valence-corrected chi connectivity index (χ4v) is 9.90. The van der Waals surface area contributed by atoms with E-state index >= 15 is 0 Å². The molecule has 2 aliphatic rings. The number of nitrogens with zero attached hydrogens (tertiary/aromatic N) is 2. The highest BCUT2D eigenvalue weighted by Crippen LogP contribution is 2.52. The zero-order valence-corrected chi connectivity index (χ0v) is 32.8. The highest BCUT2D eigenvalue weighted by atomic mass is 15.1. The first kappa shape index (κ1) is 33.7. The van der Waals surface area contributed by atoms with Gasteiger partial charge >= 0.3 is 0 Å². The molecule has 2 nitrogen and oxygen atoms in total. The second-order valence-electron chi connectivity index (χ2n) is 17.7. The molecule has 10 rings (SSSR count). The number of rotatable bonds is 5. The van der Waals surface area contributed by atoms with Crippen molar-refractivity contribution in [2.75, 3.05) is 4.90 Å². The standard InChI is InChI=1S/C53H48N2/c1-51(2)30-31-52(3,4)47-33-37(26-29-46(47)51)55-49-23-15-12-20-41(49)42-27-24-38(34-50(42)55)54(48-22-14-11-18-39(48)35-16-8-7-9-17-35)36-25-28-45-43(32-36)40-19-10-13-21-44(40)53(45,5)6/h7-29,32-34H,30-31H2,1-6H3. The van der Waals surface area contributed by atoms with Crippen LogP contribution in [0.25, 0.3) is 49.7 Å². The maximum atomic E-state index is 2.51. The lowest BCUT2D eigenvalue weighted by molar-refractivity contribution is 0.332. The van der Waals surface area contributed by atoms with E-state index in [-0.39, 0.29) is 16.2 Å². The molecule has 0 radical (unpaired) electrons. The average Bonchev–Trinajstić information content (AvgIpc) is 3.65. The summed E-state index contributed by atoms with van der Waals surface area (Å²) in [7, 11) is 0. The fourth-order valence-electron chi connectivity index (χ4n) is 9.90. The van der Waals surface area contributed by atoms with Gasteiger partial charge in [-0.25, -0.2) is 0 Å². The molecule has 0 fully saturated rings. The number of aromatic nitrogens is 1. The molecule has 0 N–H and O–H groups in total. The van der Waals surface area contributed by atoms with Crippen molar-refractivity contribution >= 4 is 38.9 Å². The van der Waals surface area contributed by atoms with Crippen molar-refractivity contribution in [2.45, 2.75) is 70.6 Å². The summed E-state index contributed by atoms with van der Waals surface area (Å²) in [6.07, 6.45) is 2.39. The van der Waals surface area contributed by atoms with E-state index in [1.54, 1.807) is 0 Å². The van der Waals surface area contributed by atoms with E-state index in [2.05, 4.69) is 209 Å². The Morgan fingerprint density at radius 2 is 1.04 bits per heavy atom. The number of hydrogen-bond acceptors (Lipinski definition) is 1. The smallest absolute Gasteiger partial charge is 0.0561 e. The lowest BCUT2D eigenvalue weighted by atomic mass is 9.63. The highest BCUT2D eigenvalue weighted by Gasteiger charge is 2.38. The highest BCUT2D eigenvalue weighted by molar-refractivity contribution is 6.10. The first-order valence-corrected chi connectivity index (χ1v) is 19.9. The molecule has 0 spiro atoms. The monoisotopic (exact) mass is 712 g/mol. The molecule has 8 aromatic rings. The minimum Gasteiger partial charge on any atom is -0.310 e. The van der Waals surface area contributed by atoms with Crippen molar-refractivity contribution in [3.63, 3.8) is 0 Å². The Morgan fingerprint density at radius 3 is 1.85 bits per heavy atom. The predicted octanol–water partition coefficient (Wildman–Crippen LogP) is 14.6. The van der Waals surface area contributed by atoms with Crippen LogP contribution in [0.4, 0.5) is 17.1 Å². The summed E-state index contributed by atoms with van der Waals surface area (Å²) in [5, 5.41) is 2.53. The van der Waals surface area contributed by atoms with E-state index in [1.807, 2.05) is 0 Å². The van der Waals surface area contributed by atoms with Gasteiger partial charge in [-0.1, -0.05) is 151 Å². The molecular weight excluding hydrogens is 665 g/mol. The maximum Gasteiger partial charge on any atom is 0.0561 e. The molecule has 7 aromatic carbocycles. The Balaban J connectivity index is 1.23. The summed E-state index contributed by atoms with van der Waals surface area (Å²) in [6.45, 7) is 14.4. The van der Waals surface area contributed by atoms with Crippen LogP contribution >= 0.6 is 0 Å². The predicted molar refractivity (Wildman–Crippen MR) is 234 cm³/mol. The van der Waals surface area contributed by atoms with E-state index in [4.69, 9.17) is 0 Å². The van der Waals surface area contributed by atoms with E-state index in [1.165, 1.54) is 84.8 Å². The summed E-state index contributed by atoms with van der Waals surface area (Å²) >= 11 is 0. The maximum absolute atomic E-state index is 2.51. The molecule has 0 unspecified atom stereocenters. The Bertz CT molecular complexity index is 2790. The summed E-state index contributed by atoms with van der Waals surface area (Å²) in [5.41, 5.74) is 18.1. The van der Waals surface area contributed by atoms with Gasteiger partial charge in [-0.2, -0.15) is 0 Å².